The molecule has 1 amide bonds. The van der Waals surface area contributed by atoms with Gasteiger partial charge in [0.2, 0.25) is 5.91 Å². The van der Waals surface area contributed by atoms with E-state index in [2.05, 4.69) is 4.90 Å². The highest BCUT2D eigenvalue weighted by atomic mass is 16.5. The van der Waals surface area contributed by atoms with Crippen LogP contribution in [0.1, 0.15) is 19.8 Å². The number of hydrogen-bond donors (Lipinski definition) is 0. The maximum atomic E-state index is 12.2. The van der Waals surface area contributed by atoms with E-state index in [9.17, 15) is 9.59 Å². The van der Waals surface area contributed by atoms with Crippen molar-refractivity contribution >= 4 is 11.9 Å². The molecule has 2 aliphatic rings. The van der Waals surface area contributed by atoms with Crippen LogP contribution in [0.5, 0.6) is 0 Å². The van der Waals surface area contributed by atoms with Crippen LogP contribution in [0.25, 0.3) is 0 Å². The van der Waals surface area contributed by atoms with Crippen molar-refractivity contribution in [2.75, 3.05) is 52.5 Å². The van der Waals surface area contributed by atoms with Crippen LogP contribution < -0.4 is 0 Å². The van der Waals surface area contributed by atoms with Gasteiger partial charge in [0, 0.05) is 19.6 Å². The number of amides is 1. The summed E-state index contributed by atoms with van der Waals surface area (Å²) in [5.41, 5.74) is 0. The smallest absolute Gasteiger partial charge is 0.310 e. The minimum Gasteiger partial charge on any atom is -0.466 e. The van der Waals surface area contributed by atoms with Crippen molar-refractivity contribution in [2.45, 2.75) is 19.8 Å². The van der Waals surface area contributed by atoms with Crippen molar-refractivity contribution < 1.29 is 19.1 Å². The molecular formula is C14H24N2O4. The highest BCUT2D eigenvalue weighted by Gasteiger charge is 2.29. The van der Waals surface area contributed by atoms with Gasteiger partial charge in [-0.25, -0.2) is 0 Å². The summed E-state index contributed by atoms with van der Waals surface area (Å²) in [6.45, 7) is 6.75. The Hall–Kier alpha value is -1.14. The zero-order chi connectivity index (χ0) is 14.4. The van der Waals surface area contributed by atoms with E-state index in [1.165, 1.54) is 0 Å². The lowest BCUT2D eigenvalue weighted by Crippen LogP contribution is -2.48. The van der Waals surface area contributed by atoms with Gasteiger partial charge in [-0.15, -0.1) is 0 Å². The molecule has 0 spiro atoms. The molecule has 0 radical (unpaired) electrons. The lowest BCUT2D eigenvalue weighted by atomic mass is 9.98. The van der Waals surface area contributed by atoms with Crippen molar-refractivity contribution in [1.82, 2.24) is 9.80 Å². The predicted molar refractivity (Wildman–Crippen MR) is 73.2 cm³/mol. The number of rotatable bonds is 4. The number of morpholine rings is 1. The number of hydrogen-bond acceptors (Lipinski definition) is 5. The molecule has 0 saturated carbocycles. The summed E-state index contributed by atoms with van der Waals surface area (Å²) in [4.78, 5) is 27.9. The van der Waals surface area contributed by atoms with Gasteiger partial charge in [-0.1, -0.05) is 0 Å². The van der Waals surface area contributed by atoms with E-state index in [1.54, 1.807) is 0 Å². The summed E-state index contributed by atoms with van der Waals surface area (Å²) in [6, 6.07) is 0. The van der Waals surface area contributed by atoms with Gasteiger partial charge < -0.3 is 14.4 Å². The minimum absolute atomic E-state index is 0.0822. The third-order valence-electron chi connectivity index (χ3n) is 3.85. The van der Waals surface area contributed by atoms with Crippen molar-refractivity contribution in [2.24, 2.45) is 5.92 Å². The SMILES string of the molecule is CCOC(=O)C1CCCN(CC(=O)N2CCOCC2)C1. The molecule has 0 aromatic rings. The zero-order valence-corrected chi connectivity index (χ0v) is 12.2. The molecule has 2 heterocycles. The van der Waals surface area contributed by atoms with Gasteiger partial charge in [0.05, 0.1) is 32.3 Å². The van der Waals surface area contributed by atoms with Gasteiger partial charge in [0.1, 0.15) is 0 Å². The number of esters is 1. The molecule has 2 fully saturated rings. The highest BCUT2D eigenvalue weighted by Crippen LogP contribution is 2.18. The lowest BCUT2D eigenvalue weighted by molar-refractivity contribution is -0.151. The number of carbonyl (C=O) groups excluding carboxylic acids is 2. The summed E-state index contributed by atoms with van der Waals surface area (Å²) in [5.74, 6) is -0.0741. The van der Waals surface area contributed by atoms with Crippen LogP contribution in [0, 0.1) is 5.92 Å². The van der Waals surface area contributed by atoms with Gasteiger partial charge in [-0.3, -0.25) is 14.5 Å². The van der Waals surface area contributed by atoms with Crippen molar-refractivity contribution in [3.05, 3.63) is 0 Å². The fourth-order valence-corrected chi connectivity index (χ4v) is 2.76. The van der Waals surface area contributed by atoms with Gasteiger partial charge in [-0.05, 0) is 26.3 Å². The Bertz CT molecular complexity index is 342. The molecular weight excluding hydrogens is 260 g/mol. The van der Waals surface area contributed by atoms with E-state index in [4.69, 9.17) is 9.47 Å². The predicted octanol–water partition coefficient (Wildman–Crippen LogP) is 0.120. The molecule has 0 N–H and O–H groups in total. The number of piperidine rings is 1. The molecule has 0 bridgehead atoms. The molecule has 6 heteroatoms. The van der Waals surface area contributed by atoms with Crippen LogP contribution in [-0.2, 0) is 19.1 Å². The fraction of sp³-hybridized carbons (Fsp3) is 0.857. The standard InChI is InChI=1S/C14H24N2O4/c1-2-20-14(18)12-4-3-5-15(10-12)11-13(17)16-6-8-19-9-7-16/h12H,2-11H2,1H3. The zero-order valence-electron chi connectivity index (χ0n) is 12.2. The summed E-state index contributed by atoms with van der Waals surface area (Å²) in [7, 11) is 0. The maximum absolute atomic E-state index is 12.2. The van der Waals surface area contributed by atoms with Crippen LogP contribution >= 0.6 is 0 Å². The average Bonchev–Trinajstić information content (AvgIpc) is 2.48. The largest absolute Gasteiger partial charge is 0.466 e. The van der Waals surface area contributed by atoms with Gasteiger partial charge in [0.25, 0.3) is 0 Å². The molecule has 2 rings (SSSR count). The Kier molecular flexibility index (Phi) is 5.79. The Morgan fingerprint density at radius 3 is 2.70 bits per heavy atom. The van der Waals surface area contributed by atoms with Crippen molar-refractivity contribution in [3.8, 4) is 0 Å². The summed E-state index contributed by atoms with van der Waals surface area (Å²) >= 11 is 0. The number of likely N-dealkylation sites (tertiary alicyclic amines) is 1. The highest BCUT2D eigenvalue weighted by molar-refractivity contribution is 5.78. The summed E-state index contributed by atoms with van der Waals surface area (Å²) < 4.78 is 10.3. The Labute approximate surface area is 120 Å². The van der Waals surface area contributed by atoms with Crippen LogP contribution in [0.4, 0.5) is 0 Å². The lowest BCUT2D eigenvalue weighted by Gasteiger charge is -2.33. The van der Waals surface area contributed by atoms with Gasteiger partial charge >= 0.3 is 5.97 Å². The quantitative estimate of drug-likeness (QED) is 0.686. The fourth-order valence-electron chi connectivity index (χ4n) is 2.76. The molecule has 0 aromatic heterocycles. The van der Waals surface area contributed by atoms with E-state index in [1.807, 2.05) is 11.8 Å². The Balaban J connectivity index is 1.79. The van der Waals surface area contributed by atoms with E-state index in [-0.39, 0.29) is 17.8 Å². The molecule has 0 aliphatic carbocycles. The molecule has 2 saturated heterocycles. The third-order valence-corrected chi connectivity index (χ3v) is 3.85. The van der Waals surface area contributed by atoms with E-state index in [0.717, 1.165) is 19.4 Å². The normalized spacial score (nSPS) is 24.4. The molecule has 0 aromatic carbocycles. The first-order chi connectivity index (χ1) is 9.70. The van der Waals surface area contributed by atoms with Crippen LogP contribution in [-0.4, -0.2) is 74.2 Å². The van der Waals surface area contributed by atoms with Crippen LogP contribution in [0.3, 0.4) is 0 Å². The van der Waals surface area contributed by atoms with Crippen molar-refractivity contribution in [3.63, 3.8) is 0 Å². The second-order valence-corrected chi connectivity index (χ2v) is 5.32. The number of ether oxygens (including phenoxy) is 2. The number of carbonyl (C=O) groups is 2. The van der Waals surface area contributed by atoms with E-state index >= 15 is 0 Å². The molecule has 6 nitrogen and oxygen atoms in total. The first-order valence-electron chi connectivity index (χ1n) is 7.45. The molecule has 2 aliphatic heterocycles. The Morgan fingerprint density at radius 1 is 1.25 bits per heavy atom. The van der Waals surface area contributed by atoms with E-state index < -0.39 is 0 Å². The monoisotopic (exact) mass is 284 g/mol. The second kappa shape index (κ2) is 7.59. The van der Waals surface area contributed by atoms with Crippen LogP contribution in [0.15, 0.2) is 0 Å². The summed E-state index contributed by atoms with van der Waals surface area (Å²) in [5, 5.41) is 0. The number of nitrogens with zero attached hydrogens (tertiary/aromatic N) is 2. The molecule has 1 atom stereocenters. The first-order valence-corrected chi connectivity index (χ1v) is 7.45. The summed E-state index contributed by atoms with van der Waals surface area (Å²) in [6.07, 6.45) is 1.81. The second-order valence-electron chi connectivity index (χ2n) is 5.32. The topological polar surface area (TPSA) is 59.1 Å². The minimum atomic E-state index is -0.129. The van der Waals surface area contributed by atoms with Crippen molar-refractivity contribution in [1.29, 1.82) is 0 Å². The molecule has 20 heavy (non-hydrogen) atoms. The van der Waals surface area contributed by atoms with Gasteiger partial charge in [0.15, 0.2) is 0 Å². The van der Waals surface area contributed by atoms with Crippen LogP contribution in [0.2, 0.25) is 0 Å². The van der Waals surface area contributed by atoms with E-state index in [0.29, 0.717) is 46.0 Å². The molecule has 1 unspecified atom stereocenters. The average molecular weight is 284 g/mol. The third kappa shape index (κ3) is 4.18. The Morgan fingerprint density at radius 2 is 2.00 bits per heavy atom. The maximum Gasteiger partial charge on any atom is 0.310 e. The molecule has 114 valence electrons. The van der Waals surface area contributed by atoms with Gasteiger partial charge in [-0.2, -0.15) is 0 Å². The first kappa shape index (κ1) is 15.3.